The minimum Gasteiger partial charge on any atom is -0.496 e. The molecule has 152 valence electrons. The molecular formula is C22H20ClN5O2. The van der Waals surface area contributed by atoms with Crippen LogP contribution in [0.25, 0.3) is 16.9 Å². The number of benzene rings is 2. The highest BCUT2D eigenvalue weighted by Gasteiger charge is 2.15. The molecule has 2 aromatic heterocycles. The monoisotopic (exact) mass is 421 g/mol. The summed E-state index contributed by atoms with van der Waals surface area (Å²) in [6.07, 6.45) is 0. The largest absolute Gasteiger partial charge is 0.496 e. The Hall–Kier alpha value is -3.45. The summed E-state index contributed by atoms with van der Waals surface area (Å²) in [6, 6.07) is 14.9. The van der Waals surface area contributed by atoms with Gasteiger partial charge in [-0.05, 0) is 61.4 Å². The van der Waals surface area contributed by atoms with Crippen LogP contribution >= 0.6 is 11.6 Å². The molecule has 30 heavy (non-hydrogen) atoms. The molecule has 0 aliphatic heterocycles. The SMILES string of the molecule is COc1ccc(Cl)cc1C(=O)NCc1nnc2ccc(-c3ccc(C)c(C)c3)nn12. The number of fused-ring (bicyclic) bond motifs is 1. The first kappa shape index (κ1) is 19.8. The maximum absolute atomic E-state index is 12.6. The summed E-state index contributed by atoms with van der Waals surface area (Å²) in [4.78, 5) is 12.6. The van der Waals surface area contributed by atoms with Crippen LogP contribution in [0.2, 0.25) is 5.02 Å². The van der Waals surface area contributed by atoms with E-state index in [1.165, 1.54) is 18.2 Å². The third-order valence-electron chi connectivity index (χ3n) is 4.94. The number of halogens is 1. The standard InChI is InChI=1S/C22H20ClN5O2/c1-13-4-5-15(10-14(13)2)18-7-9-20-25-26-21(28(20)27-18)12-24-22(29)17-11-16(23)6-8-19(17)30-3/h4-11H,12H2,1-3H3,(H,24,29). The number of hydrogen-bond acceptors (Lipinski definition) is 5. The molecule has 2 aromatic carbocycles. The van der Waals surface area contributed by atoms with Crippen LogP contribution in [-0.2, 0) is 6.54 Å². The number of nitrogens with zero attached hydrogens (tertiary/aromatic N) is 4. The number of nitrogens with one attached hydrogen (secondary N) is 1. The van der Waals surface area contributed by atoms with E-state index in [0.29, 0.717) is 27.8 Å². The van der Waals surface area contributed by atoms with Crippen LogP contribution < -0.4 is 10.1 Å². The molecule has 0 aliphatic carbocycles. The van der Waals surface area contributed by atoms with Crippen LogP contribution in [-0.4, -0.2) is 32.8 Å². The molecule has 0 aliphatic rings. The lowest BCUT2D eigenvalue weighted by molar-refractivity contribution is 0.0946. The zero-order valence-electron chi connectivity index (χ0n) is 16.8. The molecule has 8 heteroatoms. The lowest BCUT2D eigenvalue weighted by atomic mass is 10.0. The van der Waals surface area contributed by atoms with Crippen LogP contribution in [0.3, 0.4) is 0 Å². The highest BCUT2D eigenvalue weighted by atomic mass is 35.5. The van der Waals surface area contributed by atoms with Crippen LogP contribution in [0, 0.1) is 13.8 Å². The third kappa shape index (κ3) is 3.84. The Bertz CT molecular complexity index is 1250. The van der Waals surface area contributed by atoms with Crippen molar-refractivity contribution in [1.82, 2.24) is 25.1 Å². The molecule has 2 heterocycles. The highest BCUT2D eigenvalue weighted by molar-refractivity contribution is 6.31. The summed E-state index contributed by atoms with van der Waals surface area (Å²) in [5.74, 6) is 0.639. The topological polar surface area (TPSA) is 81.4 Å². The van der Waals surface area contributed by atoms with Crippen LogP contribution in [0.1, 0.15) is 27.3 Å². The van der Waals surface area contributed by atoms with Crippen molar-refractivity contribution in [3.05, 3.63) is 76.1 Å². The number of aryl methyl sites for hydroxylation is 2. The summed E-state index contributed by atoms with van der Waals surface area (Å²) in [5.41, 5.74) is 5.18. The lowest BCUT2D eigenvalue weighted by Gasteiger charge is -2.09. The number of aromatic nitrogens is 4. The van der Waals surface area contributed by atoms with E-state index in [9.17, 15) is 4.79 Å². The lowest BCUT2D eigenvalue weighted by Crippen LogP contribution is -2.24. The fourth-order valence-corrected chi connectivity index (χ4v) is 3.28. The predicted molar refractivity (Wildman–Crippen MR) is 115 cm³/mol. The molecular weight excluding hydrogens is 402 g/mol. The van der Waals surface area contributed by atoms with E-state index >= 15 is 0 Å². The van der Waals surface area contributed by atoms with Gasteiger partial charge in [0, 0.05) is 10.6 Å². The normalized spacial score (nSPS) is 10.9. The van der Waals surface area contributed by atoms with Crippen molar-refractivity contribution >= 4 is 23.2 Å². The van der Waals surface area contributed by atoms with Crippen molar-refractivity contribution in [2.45, 2.75) is 20.4 Å². The number of hydrogen-bond donors (Lipinski definition) is 1. The molecule has 0 fully saturated rings. The first-order valence-electron chi connectivity index (χ1n) is 9.37. The average Bonchev–Trinajstić information content (AvgIpc) is 3.16. The smallest absolute Gasteiger partial charge is 0.255 e. The zero-order chi connectivity index (χ0) is 21.3. The average molecular weight is 422 g/mol. The Morgan fingerprint density at radius 3 is 2.67 bits per heavy atom. The molecule has 0 spiro atoms. The summed E-state index contributed by atoms with van der Waals surface area (Å²) >= 11 is 6.02. The Morgan fingerprint density at radius 2 is 1.90 bits per heavy atom. The molecule has 0 atom stereocenters. The van der Waals surface area contributed by atoms with Gasteiger partial charge in [-0.3, -0.25) is 4.79 Å². The van der Waals surface area contributed by atoms with Gasteiger partial charge in [-0.15, -0.1) is 10.2 Å². The molecule has 1 amide bonds. The molecule has 0 radical (unpaired) electrons. The van der Waals surface area contributed by atoms with E-state index in [1.54, 1.807) is 22.7 Å². The Morgan fingerprint density at radius 1 is 1.07 bits per heavy atom. The molecule has 1 N–H and O–H groups in total. The maximum atomic E-state index is 12.6. The molecule has 7 nitrogen and oxygen atoms in total. The number of carbonyl (C=O) groups excluding carboxylic acids is 1. The fraction of sp³-hybridized carbons (Fsp3) is 0.182. The van der Waals surface area contributed by atoms with Crippen molar-refractivity contribution in [1.29, 1.82) is 0 Å². The fourth-order valence-electron chi connectivity index (χ4n) is 3.11. The maximum Gasteiger partial charge on any atom is 0.255 e. The van der Waals surface area contributed by atoms with Crippen LogP contribution in [0.4, 0.5) is 0 Å². The quantitative estimate of drug-likeness (QED) is 0.526. The van der Waals surface area contributed by atoms with Crippen molar-refractivity contribution in [3.8, 4) is 17.0 Å². The molecule has 0 saturated carbocycles. The highest BCUT2D eigenvalue weighted by Crippen LogP contribution is 2.23. The van der Waals surface area contributed by atoms with Crippen LogP contribution in [0.5, 0.6) is 5.75 Å². The van der Waals surface area contributed by atoms with Crippen molar-refractivity contribution in [2.24, 2.45) is 0 Å². The van der Waals surface area contributed by atoms with E-state index in [0.717, 1.165) is 11.3 Å². The Balaban J connectivity index is 1.60. The summed E-state index contributed by atoms with van der Waals surface area (Å²) in [5, 5.41) is 16.3. The van der Waals surface area contributed by atoms with Gasteiger partial charge in [-0.1, -0.05) is 23.7 Å². The second kappa shape index (κ2) is 8.12. The van der Waals surface area contributed by atoms with E-state index in [-0.39, 0.29) is 12.5 Å². The first-order chi connectivity index (χ1) is 14.5. The van der Waals surface area contributed by atoms with Gasteiger partial charge in [0.25, 0.3) is 5.91 Å². The van der Waals surface area contributed by atoms with Gasteiger partial charge in [0.15, 0.2) is 11.5 Å². The second-order valence-electron chi connectivity index (χ2n) is 6.93. The van der Waals surface area contributed by atoms with Gasteiger partial charge in [-0.25, -0.2) is 0 Å². The van der Waals surface area contributed by atoms with E-state index in [4.69, 9.17) is 16.3 Å². The number of amides is 1. The van der Waals surface area contributed by atoms with E-state index in [2.05, 4.69) is 46.6 Å². The number of rotatable bonds is 5. The van der Waals surface area contributed by atoms with Gasteiger partial charge in [-0.2, -0.15) is 9.61 Å². The van der Waals surface area contributed by atoms with Gasteiger partial charge < -0.3 is 10.1 Å². The molecule has 0 unspecified atom stereocenters. The van der Waals surface area contributed by atoms with E-state index in [1.807, 2.05) is 18.2 Å². The van der Waals surface area contributed by atoms with Gasteiger partial charge in [0.2, 0.25) is 0 Å². The minimum atomic E-state index is -0.323. The molecule has 0 saturated heterocycles. The third-order valence-corrected chi connectivity index (χ3v) is 5.18. The molecule has 0 bridgehead atoms. The van der Waals surface area contributed by atoms with Crippen molar-refractivity contribution in [2.75, 3.05) is 7.11 Å². The summed E-state index contributed by atoms with van der Waals surface area (Å²) < 4.78 is 6.89. The van der Waals surface area contributed by atoms with E-state index < -0.39 is 0 Å². The summed E-state index contributed by atoms with van der Waals surface area (Å²) in [7, 11) is 1.50. The zero-order valence-corrected chi connectivity index (χ0v) is 17.6. The predicted octanol–water partition coefficient (Wildman–Crippen LogP) is 4.00. The molecule has 4 aromatic rings. The van der Waals surface area contributed by atoms with Gasteiger partial charge in [0.05, 0.1) is 24.9 Å². The number of methoxy groups -OCH3 is 1. The molecule has 4 rings (SSSR count). The Labute approximate surface area is 178 Å². The summed E-state index contributed by atoms with van der Waals surface area (Å²) in [6.45, 7) is 4.30. The van der Waals surface area contributed by atoms with Crippen molar-refractivity contribution < 1.29 is 9.53 Å². The van der Waals surface area contributed by atoms with Crippen molar-refractivity contribution in [3.63, 3.8) is 0 Å². The van der Waals surface area contributed by atoms with Gasteiger partial charge >= 0.3 is 0 Å². The Kier molecular flexibility index (Phi) is 5.37. The van der Waals surface area contributed by atoms with Gasteiger partial charge in [0.1, 0.15) is 5.75 Å². The van der Waals surface area contributed by atoms with Crippen LogP contribution in [0.15, 0.2) is 48.5 Å². The number of ether oxygens (including phenoxy) is 1. The minimum absolute atomic E-state index is 0.152. The number of carbonyl (C=O) groups is 1. The first-order valence-corrected chi connectivity index (χ1v) is 9.75. The second-order valence-corrected chi connectivity index (χ2v) is 7.37.